The summed E-state index contributed by atoms with van der Waals surface area (Å²) in [5.41, 5.74) is 3.00. The first-order valence-electron chi connectivity index (χ1n) is 12.0. The molecule has 0 bridgehead atoms. The number of thiol groups is 1. The van der Waals surface area contributed by atoms with Crippen LogP contribution in [0.1, 0.15) is 11.5 Å². The van der Waals surface area contributed by atoms with Gasteiger partial charge < -0.3 is 31.4 Å². The number of aromatic amines is 1. The van der Waals surface area contributed by atoms with Gasteiger partial charge in [-0.25, -0.2) is 14.9 Å². The van der Waals surface area contributed by atoms with Gasteiger partial charge in [0.15, 0.2) is 16.7 Å². The van der Waals surface area contributed by atoms with Gasteiger partial charge in [-0.05, 0) is 11.6 Å². The number of nitrogens with one attached hydrogen (secondary N) is 3. The largest absolute Gasteiger partial charge is 0.477 e. The zero-order chi connectivity index (χ0) is 31.4. The van der Waals surface area contributed by atoms with E-state index in [2.05, 4.69) is 38.5 Å². The third-order valence-corrected chi connectivity index (χ3v) is 8.19. The number of hydrogen-bond acceptors (Lipinski definition) is 15. The Morgan fingerprint density at radius 2 is 2.09 bits per heavy atom. The van der Waals surface area contributed by atoms with Gasteiger partial charge in [0.25, 0.3) is 11.8 Å². The molecule has 2 aromatic rings. The number of rotatable bonds is 11. The molecule has 4 heterocycles. The molecule has 2 aliphatic heterocycles. The predicted octanol–water partition coefficient (Wildman–Crippen LogP) is -2.86. The summed E-state index contributed by atoms with van der Waals surface area (Å²) >= 11 is 6.53. The van der Waals surface area contributed by atoms with Crippen LogP contribution < -0.4 is 27.5 Å². The molecule has 1 fully saturated rings. The molecular weight excluding hydrogens is 630 g/mol. The molecule has 2 unspecified atom stereocenters. The maximum atomic E-state index is 13.1. The number of nitrogen functional groups attached to an aromatic ring is 1. The van der Waals surface area contributed by atoms with Crippen LogP contribution in [0.2, 0.25) is 0 Å². The second kappa shape index (κ2) is 13.2. The lowest BCUT2D eigenvalue weighted by Crippen LogP contribution is -2.71. The van der Waals surface area contributed by atoms with Crippen molar-refractivity contribution in [2.75, 3.05) is 31.7 Å². The van der Waals surface area contributed by atoms with Crippen LogP contribution in [0.15, 0.2) is 37.5 Å². The number of thioether (sulfide) groups is 1. The lowest BCUT2D eigenvalue weighted by molar-refractivity contribution is -0.150. The topological polar surface area (TPSA) is 264 Å². The number of carbonyl (C=O) groups excluding carboxylic acids is 3. The van der Waals surface area contributed by atoms with E-state index in [1.54, 1.807) is 0 Å². The highest BCUT2D eigenvalue weighted by Crippen LogP contribution is 2.41. The number of H-pyrrole nitrogens is 1. The van der Waals surface area contributed by atoms with Gasteiger partial charge in [-0.1, -0.05) is 5.16 Å². The number of carbonyl (C=O) groups is 4. The molecule has 2 atom stereocenters. The molecule has 0 saturated carbocycles. The van der Waals surface area contributed by atoms with E-state index in [0.717, 1.165) is 32.6 Å². The number of nitrogens with two attached hydrogens (primary N) is 1. The minimum Gasteiger partial charge on any atom is -0.477 e. The maximum absolute atomic E-state index is 13.1. The Balaban J connectivity index is 1.61. The molecule has 0 radical (unpaired) electrons. The number of carboxylic acid groups (broad SMARTS) is 1. The fraction of sp³-hybridized carbons (Fsp3) is 0.318. The first-order chi connectivity index (χ1) is 20.5. The summed E-state index contributed by atoms with van der Waals surface area (Å²) in [6.45, 7) is -1.09. The number of carboxylic acids is 1. The maximum Gasteiger partial charge on any atom is 0.352 e. The summed E-state index contributed by atoms with van der Waals surface area (Å²) in [5.74, 6) is -3.90. The summed E-state index contributed by atoms with van der Waals surface area (Å²) in [7, 11) is 1.22. The average Bonchev–Trinajstić information content (AvgIpc) is 3.40. The standard InChI is InChI=1S/C22H23N9O9S3/c1-40-29-12(9-7-43-22(23)25-9)16(34)26-13-18(36)31-14(21(38)39)8(6-42-20(13)31)4-10(41)15-27-28-17(35)19(37)30(15)5-11(33)24-2-3-32/h4,7,13,20,32,41H,2-3,5-6H2,1H3,(H2,23,25)(H,24,33)(H,26,34)(H,28,35)(H,38,39). The molecule has 3 amide bonds. The van der Waals surface area contributed by atoms with Gasteiger partial charge in [-0.3, -0.25) is 33.4 Å². The molecule has 228 valence electrons. The van der Waals surface area contributed by atoms with Crippen LogP contribution in [0, 0.1) is 0 Å². The lowest BCUT2D eigenvalue weighted by atomic mass is 10.0. The Bertz CT molecular complexity index is 1690. The minimum absolute atomic E-state index is 0.0265. The number of amides is 3. The van der Waals surface area contributed by atoms with Crippen molar-refractivity contribution >= 4 is 75.2 Å². The summed E-state index contributed by atoms with van der Waals surface area (Å²) < 4.78 is 0.736. The van der Waals surface area contributed by atoms with Crippen LogP contribution in [0.4, 0.5) is 5.13 Å². The first kappa shape index (κ1) is 31.5. The Morgan fingerprint density at radius 3 is 2.72 bits per heavy atom. The number of β-lactam (4-membered cyclic amide) rings is 1. The molecule has 0 aromatic carbocycles. The number of nitrogens with zero attached hydrogens (tertiary/aromatic N) is 5. The number of fused-ring (bicyclic) bond motifs is 1. The average molecular weight is 654 g/mol. The number of aliphatic hydroxyl groups is 1. The highest BCUT2D eigenvalue weighted by Gasteiger charge is 2.54. The van der Waals surface area contributed by atoms with Crippen LogP contribution in [0.5, 0.6) is 0 Å². The van der Waals surface area contributed by atoms with Crippen LogP contribution in [0.25, 0.3) is 4.91 Å². The van der Waals surface area contributed by atoms with E-state index in [0.29, 0.717) is 0 Å². The number of aliphatic hydroxyl groups excluding tert-OH is 1. The number of oxime groups is 1. The van der Waals surface area contributed by atoms with Crippen molar-refractivity contribution in [1.82, 2.24) is 35.3 Å². The smallest absolute Gasteiger partial charge is 0.352 e. The van der Waals surface area contributed by atoms with Gasteiger partial charge in [0, 0.05) is 22.6 Å². The third-order valence-electron chi connectivity index (χ3n) is 5.88. The fourth-order valence-electron chi connectivity index (χ4n) is 4.05. The predicted molar refractivity (Wildman–Crippen MR) is 156 cm³/mol. The Labute approximate surface area is 254 Å². The number of aliphatic carboxylic acids is 1. The van der Waals surface area contributed by atoms with E-state index in [1.165, 1.54) is 18.6 Å². The van der Waals surface area contributed by atoms with Crippen LogP contribution >= 0.6 is 35.7 Å². The van der Waals surface area contributed by atoms with Gasteiger partial charge in [0.2, 0.25) is 5.91 Å². The Kier molecular flexibility index (Phi) is 9.68. The second-order valence-electron chi connectivity index (χ2n) is 8.60. The highest BCUT2D eigenvalue weighted by molar-refractivity contribution is 8.00. The van der Waals surface area contributed by atoms with Gasteiger partial charge in [0.05, 0.1) is 6.61 Å². The fourth-order valence-corrected chi connectivity index (χ4v) is 6.23. The Morgan fingerprint density at radius 1 is 1.35 bits per heavy atom. The van der Waals surface area contributed by atoms with E-state index in [1.807, 2.05) is 5.10 Å². The Hall–Kier alpha value is -4.47. The van der Waals surface area contributed by atoms with Gasteiger partial charge >= 0.3 is 17.1 Å². The number of allylic oxidation sites excluding steroid dienone is 1. The zero-order valence-corrected chi connectivity index (χ0v) is 24.5. The number of aromatic nitrogens is 4. The van der Waals surface area contributed by atoms with E-state index < -0.39 is 58.5 Å². The van der Waals surface area contributed by atoms with Crippen molar-refractivity contribution in [3.05, 3.63) is 55.0 Å². The zero-order valence-electron chi connectivity index (χ0n) is 22.0. The minimum atomic E-state index is -1.45. The number of thiazole rings is 1. The molecule has 2 aromatic heterocycles. The van der Waals surface area contributed by atoms with Crippen molar-refractivity contribution in [1.29, 1.82) is 0 Å². The molecule has 4 rings (SSSR count). The van der Waals surface area contributed by atoms with Crippen LogP contribution in [0.3, 0.4) is 0 Å². The van der Waals surface area contributed by atoms with Gasteiger partial charge in [-0.15, -0.1) is 35.7 Å². The van der Waals surface area contributed by atoms with Crippen LogP contribution in [-0.2, 0) is 30.6 Å². The summed E-state index contributed by atoms with van der Waals surface area (Å²) in [5, 5.41) is 34.1. The lowest BCUT2D eigenvalue weighted by Gasteiger charge is -2.49. The van der Waals surface area contributed by atoms with E-state index in [9.17, 15) is 33.9 Å². The van der Waals surface area contributed by atoms with Crippen molar-refractivity contribution in [2.45, 2.75) is 18.0 Å². The number of anilines is 1. The second-order valence-corrected chi connectivity index (χ2v) is 11.1. The molecule has 2 aliphatic rings. The van der Waals surface area contributed by atoms with Crippen LogP contribution in [-0.4, -0.2) is 102 Å². The van der Waals surface area contributed by atoms with Crippen molar-refractivity contribution in [2.24, 2.45) is 5.16 Å². The molecule has 18 nitrogen and oxygen atoms in total. The highest BCUT2D eigenvalue weighted by atomic mass is 32.2. The molecule has 0 aliphatic carbocycles. The SMILES string of the molecule is CON=C(C(=O)NC1C(=O)N2C(C(=O)O)=C(C=C(S)c3n[nH]c(=O)c(=O)n3CC(=O)NCCO)CSC12)c1csc(N)n1. The van der Waals surface area contributed by atoms with Gasteiger partial charge in [0.1, 0.15) is 36.5 Å². The molecule has 43 heavy (non-hydrogen) atoms. The molecule has 0 spiro atoms. The van der Waals surface area contributed by atoms with E-state index in [4.69, 9.17) is 15.7 Å². The van der Waals surface area contributed by atoms with Crippen molar-refractivity contribution in [3.63, 3.8) is 0 Å². The van der Waals surface area contributed by atoms with Gasteiger partial charge in [-0.2, -0.15) is 5.10 Å². The number of hydrogen-bond donors (Lipinski definition) is 7. The molecular formula is C22H23N9O9S3. The molecule has 7 N–H and O–H groups in total. The van der Waals surface area contributed by atoms with Crippen molar-refractivity contribution < 1.29 is 34.2 Å². The normalized spacial score (nSPS) is 18.6. The monoisotopic (exact) mass is 653 g/mol. The quantitative estimate of drug-likeness (QED) is 0.0424. The summed E-state index contributed by atoms with van der Waals surface area (Å²) in [4.78, 5) is 84.5. The molecule has 1 saturated heterocycles. The summed E-state index contributed by atoms with van der Waals surface area (Å²) in [6, 6.07) is -1.10. The van der Waals surface area contributed by atoms with Crippen molar-refractivity contribution in [3.8, 4) is 0 Å². The summed E-state index contributed by atoms with van der Waals surface area (Å²) in [6.07, 6.45) is 1.24. The first-order valence-corrected chi connectivity index (χ1v) is 14.4. The third kappa shape index (κ3) is 6.48. The van der Waals surface area contributed by atoms with E-state index in [-0.39, 0.29) is 51.7 Å². The molecule has 21 heteroatoms. The van der Waals surface area contributed by atoms with E-state index >= 15 is 0 Å².